The highest BCUT2D eigenvalue weighted by Crippen LogP contribution is 2.33. The molecule has 5 rings (SSSR count). The second-order valence-corrected chi connectivity index (χ2v) is 10.7. The van der Waals surface area contributed by atoms with Gasteiger partial charge in [0, 0.05) is 38.0 Å². The molecule has 0 radical (unpaired) electrons. The normalized spacial score (nSPS) is 14.8. The van der Waals surface area contributed by atoms with Gasteiger partial charge in [-0.2, -0.15) is 5.10 Å². The average Bonchev–Trinajstić information content (AvgIpc) is 3.06. The third kappa shape index (κ3) is 5.99. The summed E-state index contributed by atoms with van der Waals surface area (Å²) in [5, 5.41) is 9.67. The van der Waals surface area contributed by atoms with Gasteiger partial charge >= 0.3 is 6.03 Å². The first-order valence-corrected chi connectivity index (χ1v) is 12.9. The number of ether oxygens (including phenoxy) is 1. The SMILES string of the molecule is CC(C)(C)c1ccnc(NC(=O)Nc2ccc(-c3cc(CN4CCCOCC4)n4ncnc(N)c34)cc2F)c1. The molecule has 39 heavy (non-hydrogen) atoms. The molecule has 0 aliphatic carbocycles. The molecule has 4 aromatic rings. The maximum absolute atomic E-state index is 15.2. The molecule has 0 atom stereocenters. The van der Waals surface area contributed by atoms with E-state index in [0.717, 1.165) is 37.4 Å². The number of nitrogens with one attached hydrogen (secondary N) is 2. The summed E-state index contributed by atoms with van der Waals surface area (Å²) in [7, 11) is 0. The number of carbonyl (C=O) groups excluding carboxylic acids is 1. The second-order valence-electron chi connectivity index (χ2n) is 10.7. The number of aromatic nitrogens is 4. The van der Waals surface area contributed by atoms with Crippen LogP contribution < -0.4 is 16.4 Å². The molecule has 10 nitrogen and oxygen atoms in total. The third-order valence-electron chi connectivity index (χ3n) is 6.75. The fourth-order valence-electron chi connectivity index (χ4n) is 4.67. The molecule has 4 heterocycles. The predicted octanol–water partition coefficient (Wildman–Crippen LogP) is 4.68. The highest BCUT2D eigenvalue weighted by Gasteiger charge is 2.20. The largest absolute Gasteiger partial charge is 0.382 e. The van der Waals surface area contributed by atoms with Crippen LogP contribution in [0.15, 0.2) is 48.9 Å². The lowest BCUT2D eigenvalue weighted by atomic mass is 9.88. The Balaban J connectivity index is 1.37. The van der Waals surface area contributed by atoms with Gasteiger partial charge < -0.3 is 15.8 Å². The van der Waals surface area contributed by atoms with Gasteiger partial charge in [0.25, 0.3) is 0 Å². The van der Waals surface area contributed by atoms with Crippen molar-refractivity contribution >= 4 is 28.9 Å². The van der Waals surface area contributed by atoms with Crippen molar-refractivity contribution in [1.29, 1.82) is 0 Å². The molecule has 2 amide bonds. The fourth-order valence-corrected chi connectivity index (χ4v) is 4.67. The first-order chi connectivity index (χ1) is 18.7. The molecule has 11 heteroatoms. The lowest BCUT2D eigenvalue weighted by molar-refractivity contribution is 0.140. The quantitative estimate of drug-likeness (QED) is 0.341. The van der Waals surface area contributed by atoms with Crippen LogP contribution in [0.4, 0.5) is 26.5 Å². The lowest BCUT2D eigenvalue weighted by Gasteiger charge is -2.19. The van der Waals surface area contributed by atoms with Gasteiger partial charge in [0.15, 0.2) is 5.82 Å². The highest BCUT2D eigenvalue weighted by molar-refractivity contribution is 5.99. The number of rotatable bonds is 5. The van der Waals surface area contributed by atoms with Gasteiger partial charge in [-0.1, -0.05) is 26.8 Å². The summed E-state index contributed by atoms with van der Waals surface area (Å²) in [5.41, 5.74) is 10.1. The molecule has 1 saturated heterocycles. The molecule has 1 aliphatic rings. The Labute approximate surface area is 226 Å². The number of hydrogen-bond donors (Lipinski definition) is 3. The molecule has 1 aliphatic heterocycles. The van der Waals surface area contributed by atoms with Gasteiger partial charge in [-0.3, -0.25) is 10.2 Å². The Morgan fingerprint density at radius 1 is 1.10 bits per heavy atom. The number of amides is 2. The van der Waals surface area contributed by atoms with Crippen LogP contribution in [0.2, 0.25) is 0 Å². The lowest BCUT2D eigenvalue weighted by Crippen LogP contribution is -2.26. The van der Waals surface area contributed by atoms with E-state index in [9.17, 15) is 4.79 Å². The van der Waals surface area contributed by atoms with E-state index in [1.54, 1.807) is 22.8 Å². The Morgan fingerprint density at radius 3 is 2.74 bits per heavy atom. The topological polar surface area (TPSA) is 123 Å². The van der Waals surface area contributed by atoms with Gasteiger partial charge in [-0.15, -0.1) is 0 Å². The van der Waals surface area contributed by atoms with E-state index in [-0.39, 0.29) is 11.1 Å². The summed E-state index contributed by atoms with van der Waals surface area (Å²) in [6, 6.07) is 9.73. The number of anilines is 3. The van der Waals surface area contributed by atoms with Gasteiger partial charge in [-0.25, -0.2) is 23.7 Å². The molecule has 204 valence electrons. The maximum Gasteiger partial charge on any atom is 0.324 e. The number of carbonyl (C=O) groups is 1. The van der Waals surface area contributed by atoms with Crippen LogP contribution in [0.1, 0.15) is 38.4 Å². The Kier molecular flexibility index (Phi) is 7.45. The molecule has 0 saturated carbocycles. The summed E-state index contributed by atoms with van der Waals surface area (Å²) in [4.78, 5) is 23.3. The fraction of sp³-hybridized carbons (Fsp3) is 0.357. The molecule has 1 aromatic carbocycles. The van der Waals surface area contributed by atoms with Crippen LogP contribution in [0.3, 0.4) is 0 Å². The van der Waals surface area contributed by atoms with E-state index in [1.165, 1.54) is 18.5 Å². The molecule has 0 spiro atoms. The Morgan fingerprint density at radius 2 is 1.95 bits per heavy atom. The minimum atomic E-state index is -0.587. The van der Waals surface area contributed by atoms with E-state index in [4.69, 9.17) is 10.5 Å². The van der Waals surface area contributed by atoms with Crippen LogP contribution in [-0.2, 0) is 16.7 Å². The average molecular weight is 533 g/mol. The van der Waals surface area contributed by atoms with Crippen LogP contribution in [0.5, 0.6) is 0 Å². The first kappa shape index (κ1) is 26.5. The van der Waals surface area contributed by atoms with Gasteiger partial charge in [-0.05, 0) is 53.3 Å². The summed E-state index contributed by atoms with van der Waals surface area (Å²) in [6.07, 6.45) is 4.01. The molecule has 3 aromatic heterocycles. The summed E-state index contributed by atoms with van der Waals surface area (Å²) < 4.78 is 22.6. The zero-order valence-corrected chi connectivity index (χ0v) is 22.4. The van der Waals surface area contributed by atoms with Crippen molar-refractivity contribution in [2.45, 2.75) is 39.2 Å². The number of nitrogens with zero attached hydrogens (tertiary/aromatic N) is 5. The molecular formula is C28H33FN8O2. The zero-order valence-electron chi connectivity index (χ0n) is 22.4. The standard InChI is InChI=1S/C28H33FN8O2/c1-28(2,3)19-7-8-31-24(14-19)35-27(38)34-23-6-5-18(13-22(23)29)21-15-20(16-36-9-4-11-39-12-10-36)37-25(21)26(30)32-17-33-37/h5-8,13-15,17H,4,9-12,16H2,1-3H3,(H2,30,32,33)(H2,31,34,35,38). The van der Waals surface area contributed by atoms with Crippen molar-refractivity contribution in [2.75, 3.05) is 42.7 Å². The van der Waals surface area contributed by atoms with Crippen LogP contribution in [0.25, 0.3) is 16.6 Å². The zero-order chi connectivity index (χ0) is 27.6. The third-order valence-corrected chi connectivity index (χ3v) is 6.75. The van der Waals surface area contributed by atoms with Crippen molar-refractivity contribution in [1.82, 2.24) is 24.5 Å². The van der Waals surface area contributed by atoms with Gasteiger partial charge in [0.2, 0.25) is 0 Å². The summed E-state index contributed by atoms with van der Waals surface area (Å²) >= 11 is 0. The van der Waals surface area contributed by atoms with Crippen LogP contribution in [0, 0.1) is 5.82 Å². The van der Waals surface area contributed by atoms with E-state index in [2.05, 4.69) is 51.4 Å². The minimum Gasteiger partial charge on any atom is -0.382 e. The minimum absolute atomic E-state index is 0.0424. The summed E-state index contributed by atoms with van der Waals surface area (Å²) in [6.45, 7) is 10.0. The number of benzene rings is 1. The predicted molar refractivity (Wildman–Crippen MR) is 149 cm³/mol. The molecular weight excluding hydrogens is 499 g/mol. The molecule has 0 bridgehead atoms. The maximum atomic E-state index is 15.2. The van der Waals surface area contributed by atoms with Gasteiger partial charge in [0.1, 0.15) is 23.5 Å². The number of nitrogens with two attached hydrogens (primary N) is 1. The molecule has 0 unspecified atom stereocenters. The van der Waals surface area contributed by atoms with Gasteiger partial charge in [0.05, 0.1) is 18.0 Å². The number of urea groups is 1. The summed E-state index contributed by atoms with van der Waals surface area (Å²) in [5.74, 6) is 0.105. The van der Waals surface area contributed by atoms with Crippen molar-refractivity contribution in [3.63, 3.8) is 0 Å². The van der Waals surface area contributed by atoms with E-state index < -0.39 is 11.8 Å². The van der Waals surface area contributed by atoms with Crippen molar-refractivity contribution < 1.29 is 13.9 Å². The number of fused-ring (bicyclic) bond motifs is 1. The van der Waals surface area contributed by atoms with Crippen LogP contribution in [-0.4, -0.2) is 56.8 Å². The highest BCUT2D eigenvalue weighted by atomic mass is 19.1. The number of hydrogen-bond acceptors (Lipinski definition) is 7. The Bertz CT molecular complexity index is 1490. The van der Waals surface area contributed by atoms with Crippen molar-refractivity contribution in [3.05, 3.63) is 66.0 Å². The van der Waals surface area contributed by atoms with Crippen LogP contribution >= 0.6 is 0 Å². The van der Waals surface area contributed by atoms with E-state index >= 15 is 4.39 Å². The second kappa shape index (κ2) is 11.0. The smallest absolute Gasteiger partial charge is 0.324 e. The van der Waals surface area contributed by atoms with E-state index in [1.807, 2.05) is 12.1 Å². The number of nitrogen functional groups attached to an aromatic ring is 1. The Hall–Kier alpha value is -4.09. The number of pyridine rings is 1. The molecule has 1 fully saturated rings. The molecule has 4 N–H and O–H groups in total. The van der Waals surface area contributed by atoms with E-state index in [0.29, 0.717) is 41.4 Å². The monoisotopic (exact) mass is 532 g/mol. The number of halogens is 1. The van der Waals surface area contributed by atoms with Crippen molar-refractivity contribution in [3.8, 4) is 11.1 Å². The van der Waals surface area contributed by atoms with Crippen molar-refractivity contribution in [2.24, 2.45) is 0 Å². The first-order valence-electron chi connectivity index (χ1n) is 12.9.